The standard InChI is InChI=1S/C19H15NO/c1-14-10-11-16(18-9-5-6-12-20-18)17(13-14)19(21)15-7-3-2-4-8-15/h2-13H,1H3. The summed E-state index contributed by atoms with van der Waals surface area (Å²) in [5, 5.41) is 0. The van der Waals surface area contributed by atoms with Gasteiger partial charge in [-0.1, -0.05) is 54.1 Å². The van der Waals surface area contributed by atoms with Gasteiger partial charge in [-0.3, -0.25) is 9.78 Å². The molecule has 1 heterocycles. The van der Waals surface area contributed by atoms with Crippen molar-refractivity contribution >= 4 is 5.78 Å². The molecule has 3 rings (SSSR count). The van der Waals surface area contributed by atoms with Gasteiger partial charge in [-0.05, 0) is 25.1 Å². The van der Waals surface area contributed by atoms with E-state index in [-0.39, 0.29) is 5.78 Å². The molecule has 0 unspecified atom stereocenters. The van der Waals surface area contributed by atoms with E-state index in [1.165, 1.54) is 0 Å². The van der Waals surface area contributed by atoms with Gasteiger partial charge in [-0.25, -0.2) is 0 Å². The molecule has 0 atom stereocenters. The number of carbonyl (C=O) groups is 1. The molecule has 2 heteroatoms. The number of hydrogen-bond acceptors (Lipinski definition) is 2. The summed E-state index contributed by atoms with van der Waals surface area (Å²) in [5.41, 5.74) is 4.14. The number of pyridine rings is 1. The van der Waals surface area contributed by atoms with E-state index in [1.807, 2.05) is 73.7 Å². The van der Waals surface area contributed by atoms with Crippen LogP contribution < -0.4 is 0 Å². The predicted octanol–water partition coefficient (Wildman–Crippen LogP) is 4.29. The van der Waals surface area contributed by atoms with Crippen LogP contribution in [0.15, 0.2) is 72.9 Å². The molecular formula is C19H15NO. The van der Waals surface area contributed by atoms with E-state index in [9.17, 15) is 4.79 Å². The number of carbonyl (C=O) groups excluding carboxylic acids is 1. The summed E-state index contributed by atoms with van der Waals surface area (Å²) in [7, 11) is 0. The van der Waals surface area contributed by atoms with Gasteiger partial charge in [-0.2, -0.15) is 0 Å². The minimum atomic E-state index is 0.0277. The SMILES string of the molecule is Cc1ccc(-c2ccccn2)c(C(=O)c2ccccc2)c1. The Labute approximate surface area is 124 Å². The molecule has 2 aromatic carbocycles. The normalized spacial score (nSPS) is 10.3. The van der Waals surface area contributed by atoms with Crippen molar-refractivity contribution in [2.24, 2.45) is 0 Å². The lowest BCUT2D eigenvalue weighted by Crippen LogP contribution is -2.04. The van der Waals surface area contributed by atoms with Crippen molar-refractivity contribution in [3.05, 3.63) is 89.6 Å². The number of ketones is 1. The van der Waals surface area contributed by atoms with Crippen molar-refractivity contribution in [3.8, 4) is 11.3 Å². The second-order valence-corrected chi connectivity index (χ2v) is 4.96. The van der Waals surface area contributed by atoms with Crippen LogP contribution in [0.4, 0.5) is 0 Å². The monoisotopic (exact) mass is 273 g/mol. The lowest BCUT2D eigenvalue weighted by Gasteiger charge is -2.09. The zero-order valence-electron chi connectivity index (χ0n) is 11.8. The highest BCUT2D eigenvalue weighted by Crippen LogP contribution is 2.25. The van der Waals surface area contributed by atoms with Crippen molar-refractivity contribution in [1.82, 2.24) is 4.98 Å². The fourth-order valence-electron chi connectivity index (χ4n) is 2.34. The Balaban J connectivity index is 2.14. The van der Waals surface area contributed by atoms with Crippen LogP contribution in [0.1, 0.15) is 21.5 Å². The molecule has 0 spiro atoms. The number of rotatable bonds is 3. The third-order valence-electron chi connectivity index (χ3n) is 3.40. The third-order valence-corrected chi connectivity index (χ3v) is 3.40. The molecule has 0 bridgehead atoms. The average Bonchev–Trinajstić information content (AvgIpc) is 2.56. The van der Waals surface area contributed by atoms with Crippen molar-refractivity contribution < 1.29 is 4.79 Å². The highest BCUT2D eigenvalue weighted by Gasteiger charge is 2.15. The van der Waals surface area contributed by atoms with Gasteiger partial charge in [0.15, 0.2) is 5.78 Å². The van der Waals surface area contributed by atoms with Gasteiger partial charge in [0.05, 0.1) is 5.69 Å². The first-order chi connectivity index (χ1) is 10.3. The summed E-state index contributed by atoms with van der Waals surface area (Å²) in [4.78, 5) is 17.1. The van der Waals surface area contributed by atoms with Crippen molar-refractivity contribution in [2.45, 2.75) is 6.92 Å². The minimum Gasteiger partial charge on any atom is -0.289 e. The maximum atomic E-state index is 12.8. The maximum Gasteiger partial charge on any atom is 0.193 e. The predicted molar refractivity (Wildman–Crippen MR) is 84.3 cm³/mol. The van der Waals surface area contributed by atoms with Gasteiger partial charge < -0.3 is 0 Å². The first-order valence-electron chi connectivity index (χ1n) is 6.87. The average molecular weight is 273 g/mol. The first-order valence-corrected chi connectivity index (χ1v) is 6.87. The third kappa shape index (κ3) is 2.75. The van der Waals surface area contributed by atoms with Crippen LogP contribution in [0.2, 0.25) is 0 Å². The molecule has 0 saturated carbocycles. The molecule has 0 fully saturated rings. The van der Waals surface area contributed by atoms with E-state index in [4.69, 9.17) is 0 Å². The molecule has 2 nitrogen and oxygen atoms in total. The molecule has 0 aliphatic rings. The molecule has 102 valence electrons. The van der Waals surface area contributed by atoms with Gasteiger partial charge >= 0.3 is 0 Å². The zero-order chi connectivity index (χ0) is 14.7. The molecule has 0 N–H and O–H groups in total. The largest absolute Gasteiger partial charge is 0.289 e. The number of aromatic nitrogens is 1. The number of hydrogen-bond donors (Lipinski definition) is 0. The summed E-state index contributed by atoms with van der Waals surface area (Å²) in [6.07, 6.45) is 1.74. The smallest absolute Gasteiger partial charge is 0.193 e. The van der Waals surface area contributed by atoms with Gasteiger partial charge in [0, 0.05) is 22.9 Å². The summed E-state index contributed by atoms with van der Waals surface area (Å²) in [5.74, 6) is 0.0277. The topological polar surface area (TPSA) is 30.0 Å². The minimum absolute atomic E-state index is 0.0277. The molecule has 0 saturated heterocycles. The quantitative estimate of drug-likeness (QED) is 0.666. The van der Waals surface area contributed by atoms with E-state index < -0.39 is 0 Å². The highest BCUT2D eigenvalue weighted by atomic mass is 16.1. The van der Waals surface area contributed by atoms with Crippen molar-refractivity contribution in [3.63, 3.8) is 0 Å². The van der Waals surface area contributed by atoms with Crippen molar-refractivity contribution in [2.75, 3.05) is 0 Å². The first kappa shape index (κ1) is 13.3. The van der Waals surface area contributed by atoms with Gasteiger partial charge in [-0.15, -0.1) is 0 Å². The van der Waals surface area contributed by atoms with Crippen LogP contribution in [0.3, 0.4) is 0 Å². The molecule has 0 radical (unpaired) electrons. The van der Waals surface area contributed by atoms with E-state index >= 15 is 0 Å². The molecule has 21 heavy (non-hydrogen) atoms. The number of nitrogens with zero attached hydrogens (tertiary/aromatic N) is 1. The molecule has 1 aromatic heterocycles. The fraction of sp³-hybridized carbons (Fsp3) is 0.0526. The van der Waals surface area contributed by atoms with Crippen LogP contribution >= 0.6 is 0 Å². The Morgan fingerprint density at radius 3 is 2.38 bits per heavy atom. The summed E-state index contributed by atoms with van der Waals surface area (Å²) < 4.78 is 0. The molecular weight excluding hydrogens is 258 g/mol. The van der Waals surface area contributed by atoms with Crippen LogP contribution in [0.25, 0.3) is 11.3 Å². The summed E-state index contributed by atoms with van der Waals surface area (Å²) in [6.45, 7) is 1.99. The highest BCUT2D eigenvalue weighted by molar-refractivity contribution is 6.12. The second kappa shape index (κ2) is 5.71. The van der Waals surface area contributed by atoms with Gasteiger partial charge in [0.1, 0.15) is 0 Å². The van der Waals surface area contributed by atoms with Crippen LogP contribution in [0, 0.1) is 6.92 Å². The van der Waals surface area contributed by atoms with Gasteiger partial charge in [0.25, 0.3) is 0 Å². The molecule has 0 amide bonds. The second-order valence-electron chi connectivity index (χ2n) is 4.96. The summed E-state index contributed by atoms with van der Waals surface area (Å²) in [6, 6.07) is 21.0. The Bertz CT molecular complexity index is 764. The lowest BCUT2D eigenvalue weighted by molar-refractivity contribution is 0.103. The van der Waals surface area contributed by atoms with E-state index in [2.05, 4.69) is 4.98 Å². The Morgan fingerprint density at radius 1 is 0.905 bits per heavy atom. The fourth-order valence-corrected chi connectivity index (χ4v) is 2.34. The number of aryl methyl sites for hydroxylation is 1. The van der Waals surface area contributed by atoms with Crippen molar-refractivity contribution in [1.29, 1.82) is 0 Å². The summed E-state index contributed by atoms with van der Waals surface area (Å²) >= 11 is 0. The molecule has 0 aliphatic carbocycles. The van der Waals surface area contributed by atoms with Crippen LogP contribution in [0.5, 0.6) is 0 Å². The number of benzene rings is 2. The molecule has 3 aromatic rings. The van der Waals surface area contributed by atoms with Gasteiger partial charge in [0.2, 0.25) is 0 Å². The van der Waals surface area contributed by atoms with E-state index in [0.29, 0.717) is 11.1 Å². The lowest BCUT2D eigenvalue weighted by atomic mass is 9.94. The Kier molecular flexibility index (Phi) is 3.61. The maximum absolute atomic E-state index is 12.8. The Morgan fingerprint density at radius 2 is 1.67 bits per heavy atom. The van der Waals surface area contributed by atoms with E-state index in [0.717, 1.165) is 16.8 Å². The molecule has 0 aliphatic heterocycles. The van der Waals surface area contributed by atoms with Crippen LogP contribution in [-0.2, 0) is 0 Å². The van der Waals surface area contributed by atoms with Crippen LogP contribution in [-0.4, -0.2) is 10.8 Å². The van der Waals surface area contributed by atoms with E-state index in [1.54, 1.807) is 6.20 Å². The zero-order valence-corrected chi connectivity index (χ0v) is 11.8. The Hall–Kier alpha value is -2.74.